The van der Waals surface area contributed by atoms with Gasteiger partial charge in [-0.15, -0.1) is 11.3 Å². The maximum absolute atomic E-state index is 13.2. The number of hydrogen-bond acceptors (Lipinski definition) is 6. The second-order valence-electron chi connectivity index (χ2n) is 10.8. The number of amides is 1. The number of aromatic amines is 1. The number of nitrogens with one attached hydrogen (secondary N) is 2. The molecule has 246 valence electrons. The molecule has 5 rings (SSSR count). The minimum atomic E-state index is -5.08. The molecule has 0 aliphatic carbocycles. The number of carboxylic acids is 1. The number of rotatable bonds is 13. The molecule has 0 spiro atoms. The van der Waals surface area contributed by atoms with Crippen LogP contribution in [-0.2, 0) is 20.8 Å². The van der Waals surface area contributed by atoms with E-state index in [1.807, 2.05) is 61.0 Å². The average molecular weight is 665 g/mol. The first-order valence-electron chi connectivity index (χ1n) is 15.2. The zero-order chi connectivity index (χ0) is 33.8. The fraction of sp³-hybridized carbons (Fsp3) is 0.286. The van der Waals surface area contributed by atoms with Crippen molar-refractivity contribution in [3.05, 3.63) is 95.2 Å². The molecule has 5 aromatic rings. The number of aromatic nitrogens is 3. The van der Waals surface area contributed by atoms with E-state index in [0.29, 0.717) is 18.6 Å². The van der Waals surface area contributed by atoms with E-state index < -0.39 is 12.1 Å². The Morgan fingerprint density at radius 3 is 2.34 bits per heavy atom. The third kappa shape index (κ3) is 10.6. The number of ketones is 1. The van der Waals surface area contributed by atoms with Crippen LogP contribution in [0.3, 0.4) is 0 Å². The molecule has 1 atom stereocenters. The Balaban J connectivity index is 0.000000644. The molecule has 0 fully saturated rings. The highest BCUT2D eigenvalue weighted by molar-refractivity contribution is 7.10. The van der Waals surface area contributed by atoms with E-state index in [2.05, 4.69) is 50.6 Å². The number of fused-ring (bicyclic) bond motifs is 1. The summed E-state index contributed by atoms with van der Waals surface area (Å²) in [5.41, 5.74) is 3.90. The van der Waals surface area contributed by atoms with Gasteiger partial charge in [-0.05, 0) is 29.7 Å². The van der Waals surface area contributed by atoms with Crippen molar-refractivity contribution in [3.63, 3.8) is 0 Å². The monoisotopic (exact) mass is 664 g/mol. The number of thiazole rings is 1. The minimum Gasteiger partial charge on any atom is -0.475 e. The molecule has 0 unspecified atom stereocenters. The van der Waals surface area contributed by atoms with Crippen LogP contribution in [0.1, 0.15) is 62.3 Å². The van der Waals surface area contributed by atoms with Crippen molar-refractivity contribution in [2.75, 3.05) is 0 Å². The normalized spacial score (nSPS) is 11.8. The van der Waals surface area contributed by atoms with Crippen LogP contribution in [0.25, 0.3) is 33.3 Å². The van der Waals surface area contributed by atoms with Crippen LogP contribution < -0.4 is 5.32 Å². The van der Waals surface area contributed by atoms with Crippen LogP contribution in [-0.4, -0.2) is 43.9 Å². The lowest BCUT2D eigenvalue weighted by atomic mass is 10.0. The summed E-state index contributed by atoms with van der Waals surface area (Å²) >= 11 is 1.50. The molecular formula is C35H35F3N4O4S. The Morgan fingerprint density at radius 1 is 0.936 bits per heavy atom. The van der Waals surface area contributed by atoms with E-state index in [-0.39, 0.29) is 18.4 Å². The molecule has 0 bridgehead atoms. The van der Waals surface area contributed by atoms with Gasteiger partial charge in [-0.3, -0.25) is 9.59 Å². The number of carbonyl (C=O) groups is 3. The lowest BCUT2D eigenvalue weighted by molar-refractivity contribution is -0.192. The molecule has 2 heterocycles. The van der Waals surface area contributed by atoms with Gasteiger partial charge in [-0.1, -0.05) is 86.5 Å². The Hall–Kier alpha value is -4.84. The number of carboxylic acid groups (broad SMARTS) is 1. The molecule has 3 aromatic carbocycles. The van der Waals surface area contributed by atoms with Gasteiger partial charge in [-0.2, -0.15) is 13.2 Å². The number of hydrogen-bond donors (Lipinski definition) is 3. The summed E-state index contributed by atoms with van der Waals surface area (Å²) in [6.07, 6.45) is 1.62. The third-order valence-corrected chi connectivity index (χ3v) is 8.19. The summed E-state index contributed by atoms with van der Waals surface area (Å²) in [6, 6.07) is 24.4. The molecular weight excluding hydrogens is 629 g/mol. The number of nitrogens with zero attached hydrogens (tertiary/aromatic N) is 2. The van der Waals surface area contributed by atoms with Gasteiger partial charge in [0.05, 0.1) is 30.0 Å². The Morgan fingerprint density at radius 2 is 1.64 bits per heavy atom. The summed E-state index contributed by atoms with van der Waals surface area (Å²) in [5.74, 6) is -1.80. The van der Waals surface area contributed by atoms with Gasteiger partial charge < -0.3 is 15.4 Å². The van der Waals surface area contributed by atoms with E-state index in [1.165, 1.54) is 22.1 Å². The van der Waals surface area contributed by atoms with E-state index in [1.54, 1.807) is 0 Å². The zero-order valence-corrected chi connectivity index (χ0v) is 26.5. The maximum atomic E-state index is 13.2. The smallest absolute Gasteiger partial charge is 0.475 e. The van der Waals surface area contributed by atoms with Crippen molar-refractivity contribution in [3.8, 4) is 22.5 Å². The largest absolute Gasteiger partial charge is 0.490 e. The van der Waals surface area contributed by atoms with E-state index in [4.69, 9.17) is 9.90 Å². The summed E-state index contributed by atoms with van der Waals surface area (Å²) in [4.78, 5) is 46.6. The first-order valence-corrected chi connectivity index (χ1v) is 16.1. The van der Waals surface area contributed by atoms with Crippen LogP contribution in [0, 0.1) is 0 Å². The highest BCUT2D eigenvalue weighted by Crippen LogP contribution is 2.27. The van der Waals surface area contributed by atoms with Crippen LogP contribution in [0.4, 0.5) is 13.2 Å². The number of H-pyrrole nitrogens is 1. The lowest BCUT2D eigenvalue weighted by Gasteiger charge is -2.17. The van der Waals surface area contributed by atoms with Crippen LogP contribution in [0.15, 0.2) is 84.4 Å². The average Bonchev–Trinajstić information content (AvgIpc) is 3.74. The highest BCUT2D eigenvalue weighted by Gasteiger charge is 2.38. The van der Waals surface area contributed by atoms with Gasteiger partial charge in [0.2, 0.25) is 5.91 Å². The Kier molecular flexibility index (Phi) is 12.4. The van der Waals surface area contributed by atoms with E-state index in [0.717, 1.165) is 59.0 Å². The third-order valence-electron chi connectivity index (χ3n) is 7.34. The van der Waals surface area contributed by atoms with Crippen molar-refractivity contribution in [2.24, 2.45) is 0 Å². The number of Topliss-reactive ketones (excluding diaryl/α,β-unsaturated/α-hetero) is 1. The summed E-state index contributed by atoms with van der Waals surface area (Å²) < 4.78 is 31.7. The van der Waals surface area contributed by atoms with Gasteiger partial charge >= 0.3 is 12.1 Å². The highest BCUT2D eigenvalue weighted by atomic mass is 32.1. The molecule has 8 nitrogen and oxygen atoms in total. The molecule has 0 saturated heterocycles. The standard InChI is InChI=1S/C33H34N4O2S.C2HF3O2/c1-2-27(38)15-7-4-8-16-28(35-31(39)20-32-36-30(22-40-32)24-12-5-3-6-13-24)33-34-21-29(37-33)26-18-17-23-11-9-10-14-25(23)19-26;3-2(4,5)1(6)7/h3,5-6,9-14,17-19,21-22,28H,2,4,7-8,15-16,20H2,1H3,(H,34,37)(H,35,39);(H,6,7)/t28-;/m0./s1. The molecule has 47 heavy (non-hydrogen) atoms. The molecule has 0 aliphatic heterocycles. The van der Waals surface area contributed by atoms with Crippen molar-refractivity contribution < 1.29 is 32.7 Å². The molecule has 0 radical (unpaired) electrons. The molecule has 3 N–H and O–H groups in total. The number of alkyl halides is 3. The van der Waals surface area contributed by atoms with Gasteiger partial charge in [0.15, 0.2) is 0 Å². The van der Waals surface area contributed by atoms with Crippen LogP contribution >= 0.6 is 11.3 Å². The SMILES string of the molecule is CCC(=O)CCCCC[C@H](NC(=O)Cc1nc(-c2ccccc2)cs1)c1ncc(-c2ccc3ccccc3c2)[nH]1.O=C(O)C(F)(F)F. The molecule has 2 aromatic heterocycles. The Labute approximate surface area is 274 Å². The lowest BCUT2D eigenvalue weighted by Crippen LogP contribution is -2.30. The first kappa shape index (κ1) is 35.0. The topological polar surface area (TPSA) is 125 Å². The second-order valence-corrected chi connectivity index (χ2v) is 11.8. The molecule has 1 amide bonds. The summed E-state index contributed by atoms with van der Waals surface area (Å²) in [7, 11) is 0. The summed E-state index contributed by atoms with van der Waals surface area (Å²) in [6.45, 7) is 1.91. The number of halogens is 3. The van der Waals surface area contributed by atoms with Gasteiger partial charge in [0.1, 0.15) is 16.6 Å². The number of benzene rings is 3. The van der Waals surface area contributed by atoms with Gasteiger partial charge in [0.25, 0.3) is 0 Å². The fourth-order valence-corrected chi connectivity index (χ4v) is 5.64. The van der Waals surface area contributed by atoms with E-state index >= 15 is 0 Å². The number of carbonyl (C=O) groups excluding carboxylic acids is 2. The predicted octanol–water partition coefficient (Wildman–Crippen LogP) is 8.32. The summed E-state index contributed by atoms with van der Waals surface area (Å²) in [5, 5.41) is 15.5. The zero-order valence-electron chi connectivity index (χ0n) is 25.7. The van der Waals surface area contributed by atoms with Gasteiger partial charge in [-0.25, -0.2) is 14.8 Å². The Bertz CT molecular complexity index is 1790. The van der Waals surface area contributed by atoms with Crippen molar-refractivity contribution >= 4 is 39.8 Å². The predicted molar refractivity (Wildman–Crippen MR) is 176 cm³/mol. The number of aliphatic carboxylic acids is 1. The fourth-order valence-electron chi connectivity index (χ4n) is 4.83. The van der Waals surface area contributed by atoms with Crippen molar-refractivity contribution in [1.82, 2.24) is 20.3 Å². The first-order chi connectivity index (χ1) is 22.5. The van der Waals surface area contributed by atoms with Crippen molar-refractivity contribution in [1.29, 1.82) is 0 Å². The van der Waals surface area contributed by atoms with Crippen LogP contribution in [0.5, 0.6) is 0 Å². The molecule has 12 heteroatoms. The van der Waals surface area contributed by atoms with Gasteiger partial charge in [0, 0.05) is 29.3 Å². The van der Waals surface area contributed by atoms with E-state index in [9.17, 15) is 22.8 Å². The molecule has 0 aliphatic rings. The number of imidazole rings is 1. The second kappa shape index (κ2) is 16.6. The maximum Gasteiger partial charge on any atom is 0.490 e. The van der Waals surface area contributed by atoms with Crippen LogP contribution in [0.2, 0.25) is 0 Å². The molecule has 0 saturated carbocycles. The number of unbranched alkanes of at least 4 members (excludes halogenated alkanes) is 2. The quantitative estimate of drug-likeness (QED) is 0.109. The minimum absolute atomic E-state index is 0.0798. The van der Waals surface area contributed by atoms with Crippen molar-refractivity contribution in [2.45, 2.75) is 64.1 Å².